The Hall–Kier alpha value is -1.43. The molecule has 14 heavy (non-hydrogen) atoms. The molecule has 0 spiro atoms. The van der Waals surface area contributed by atoms with Crippen LogP contribution < -0.4 is 5.73 Å². The number of sulfone groups is 1. The summed E-state index contributed by atoms with van der Waals surface area (Å²) in [7, 11) is -4.19. The van der Waals surface area contributed by atoms with Gasteiger partial charge in [-0.2, -0.15) is 0 Å². The van der Waals surface area contributed by atoms with E-state index in [0.717, 1.165) is 19.1 Å². The van der Waals surface area contributed by atoms with Crippen molar-refractivity contribution < 1.29 is 17.6 Å². The summed E-state index contributed by atoms with van der Waals surface area (Å²) in [5.41, 5.74) is 5.33. The number of nitrogens with two attached hydrogens (primary N) is 1. The van der Waals surface area contributed by atoms with Crippen LogP contribution >= 0.6 is 0 Å². The Morgan fingerprint density at radius 2 is 2.00 bits per heavy atom. The van der Waals surface area contributed by atoms with Gasteiger partial charge in [0.15, 0.2) is 0 Å². The number of rotatable bonds is 1. The normalized spacial score (nSPS) is 11.3. The van der Waals surface area contributed by atoms with Crippen molar-refractivity contribution in [2.24, 2.45) is 0 Å². The van der Waals surface area contributed by atoms with Gasteiger partial charge in [-0.3, -0.25) is 4.79 Å². The quantitative estimate of drug-likeness (QED) is 0.703. The lowest BCUT2D eigenvalue weighted by Crippen LogP contribution is -2.12. The van der Waals surface area contributed by atoms with Gasteiger partial charge in [0.25, 0.3) is 0 Å². The lowest BCUT2D eigenvalue weighted by molar-refractivity contribution is -0.109. The zero-order chi connectivity index (χ0) is 10.9. The first-order valence-electron chi connectivity index (χ1n) is 3.66. The Balaban J connectivity index is 3.42. The van der Waals surface area contributed by atoms with Gasteiger partial charge in [-0.25, -0.2) is 12.8 Å². The van der Waals surface area contributed by atoms with Gasteiger partial charge in [-0.15, -0.1) is 0 Å². The molecular formula is C8H8FNO3S. The fraction of sp³-hybridized carbons (Fsp3) is 0.125. The van der Waals surface area contributed by atoms with Gasteiger partial charge < -0.3 is 5.73 Å². The van der Waals surface area contributed by atoms with Crippen molar-refractivity contribution in [2.75, 3.05) is 5.73 Å². The summed E-state index contributed by atoms with van der Waals surface area (Å²) in [6.07, 6.45) is 0. The molecule has 0 atom stereocenters. The molecule has 0 bridgehead atoms. The molecule has 0 aliphatic carbocycles. The second-order valence-corrected chi connectivity index (χ2v) is 4.71. The number of benzene rings is 1. The summed E-state index contributed by atoms with van der Waals surface area (Å²) < 4.78 is 35.6. The Bertz CT molecular complexity index is 481. The summed E-state index contributed by atoms with van der Waals surface area (Å²) in [5.74, 6) is -1.01. The smallest absolute Gasteiger partial charge is 0.248 e. The molecule has 4 nitrogen and oxygen atoms in total. The molecule has 0 radical (unpaired) electrons. The number of carbonyl (C=O) groups excluding carboxylic acids is 1. The Morgan fingerprint density at radius 3 is 2.43 bits per heavy atom. The lowest BCUT2D eigenvalue weighted by Gasteiger charge is -2.02. The Kier molecular flexibility index (Phi) is 2.57. The van der Waals surface area contributed by atoms with Crippen molar-refractivity contribution >= 4 is 20.6 Å². The first kappa shape index (κ1) is 10.6. The summed E-state index contributed by atoms with van der Waals surface area (Å²) in [5, 5.41) is -1.10. The highest BCUT2D eigenvalue weighted by Crippen LogP contribution is 2.18. The van der Waals surface area contributed by atoms with E-state index in [1.54, 1.807) is 0 Å². The van der Waals surface area contributed by atoms with Crippen molar-refractivity contribution in [1.82, 2.24) is 0 Å². The Morgan fingerprint density at radius 1 is 1.43 bits per heavy atom. The van der Waals surface area contributed by atoms with Crippen LogP contribution in [0.5, 0.6) is 0 Å². The molecule has 0 amide bonds. The number of halogens is 1. The maximum absolute atomic E-state index is 13.1. The largest absolute Gasteiger partial charge is 0.399 e. The molecule has 0 aliphatic heterocycles. The maximum Gasteiger partial charge on any atom is 0.248 e. The average Bonchev–Trinajstić information content (AvgIpc) is 2.02. The summed E-state index contributed by atoms with van der Waals surface area (Å²) in [6, 6.07) is 3.05. The topological polar surface area (TPSA) is 77.2 Å². The van der Waals surface area contributed by atoms with Crippen LogP contribution in [0.4, 0.5) is 10.1 Å². The third kappa shape index (κ3) is 1.74. The maximum atomic E-state index is 13.1. The van der Waals surface area contributed by atoms with E-state index >= 15 is 0 Å². The summed E-state index contributed by atoms with van der Waals surface area (Å²) in [4.78, 5) is 10.1. The van der Waals surface area contributed by atoms with Crippen LogP contribution in [-0.4, -0.2) is 13.5 Å². The van der Waals surface area contributed by atoms with Crippen molar-refractivity contribution in [1.29, 1.82) is 0 Å². The van der Waals surface area contributed by atoms with E-state index in [2.05, 4.69) is 0 Å². The van der Waals surface area contributed by atoms with Gasteiger partial charge in [0.05, 0.1) is 0 Å². The molecule has 0 saturated heterocycles. The molecule has 1 aromatic rings. The first-order chi connectivity index (χ1) is 6.35. The number of anilines is 1. The molecule has 1 rings (SSSR count). The van der Waals surface area contributed by atoms with Crippen LogP contribution in [0, 0.1) is 5.82 Å². The molecular weight excluding hydrogens is 209 g/mol. The fourth-order valence-electron chi connectivity index (χ4n) is 0.890. The van der Waals surface area contributed by atoms with Crippen LogP contribution in [0.2, 0.25) is 0 Å². The SMILES string of the molecule is CC(=O)S(=O)(=O)c1ccc(N)cc1F. The standard InChI is InChI=1S/C8H8FNO3S/c1-5(11)14(12,13)8-3-2-6(10)4-7(8)9/h2-4H,10H2,1H3. The van der Waals surface area contributed by atoms with Crippen LogP contribution in [0.15, 0.2) is 23.1 Å². The van der Waals surface area contributed by atoms with E-state index in [9.17, 15) is 17.6 Å². The second-order valence-electron chi connectivity index (χ2n) is 2.68. The van der Waals surface area contributed by atoms with E-state index < -0.39 is 25.7 Å². The number of hydrogen-bond acceptors (Lipinski definition) is 4. The number of hydrogen-bond donors (Lipinski definition) is 1. The van der Waals surface area contributed by atoms with Crippen molar-refractivity contribution in [3.05, 3.63) is 24.0 Å². The van der Waals surface area contributed by atoms with E-state index in [0.29, 0.717) is 0 Å². The molecule has 0 fully saturated rings. The molecule has 6 heteroatoms. The van der Waals surface area contributed by atoms with Crippen LogP contribution in [0.25, 0.3) is 0 Å². The summed E-state index contributed by atoms with van der Waals surface area (Å²) in [6.45, 7) is 0.866. The van der Waals surface area contributed by atoms with Crippen molar-refractivity contribution in [3.8, 4) is 0 Å². The highest BCUT2D eigenvalue weighted by molar-refractivity contribution is 8.06. The van der Waals surface area contributed by atoms with Gasteiger partial charge in [-0.05, 0) is 18.2 Å². The first-order valence-corrected chi connectivity index (χ1v) is 5.14. The molecule has 0 aliphatic rings. The van der Waals surface area contributed by atoms with Crippen LogP contribution in [0.3, 0.4) is 0 Å². The van der Waals surface area contributed by atoms with Gasteiger partial charge in [-0.1, -0.05) is 0 Å². The summed E-state index contributed by atoms with van der Waals surface area (Å²) >= 11 is 0. The highest BCUT2D eigenvalue weighted by Gasteiger charge is 2.23. The van der Waals surface area contributed by atoms with E-state index in [1.165, 1.54) is 6.07 Å². The second kappa shape index (κ2) is 3.38. The molecule has 0 aromatic heterocycles. The van der Waals surface area contributed by atoms with Crippen LogP contribution in [-0.2, 0) is 14.6 Å². The predicted octanol–water partition coefficient (Wildman–Crippen LogP) is 0.728. The average molecular weight is 217 g/mol. The molecule has 1 aromatic carbocycles. The zero-order valence-electron chi connectivity index (χ0n) is 7.32. The van der Waals surface area contributed by atoms with Gasteiger partial charge in [0.2, 0.25) is 15.0 Å². The molecule has 0 unspecified atom stereocenters. The number of nitrogen functional groups attached to an aromatic ring is 1. The van der Waals surface area contributed by atoms with Crippen molar-refractivity contribution in [3.63, 3.8) is 0 Å². The minimum atomic E-state index is -4.19. The van der Waals surface area contributed by atoms with Gasteiger partial charge >= 0.3 is 0 Å². The van der Waals surface area contributed by atoms with Crippen molar-refractivity contribution in [2.45, 2.75) is 11.8 Å². The third-order valence-corrected chi connectivity index (χ3v) is 3.29. The minimum absolute atomic E-state index is 0.102. The molecule has 76 valence electrons. The van der Waals surface area contributed by atoms with E-state index in [-0.39, 0.29) is 5.69 Å². The molecule has 0 saturated carbocycles. The Labute approximate surface area is 80.5 Å². The molecule has 2 N–H and O–H groups in total. The lowest BCUT2D eigenvalue weighted by atomic mass is 10.3. The fourth-order valence-corrected chi connectivity index (χ4v) is 1.76. The minimum Gasteiger partial charge on any atom is -0.399 e. The van der Waals surface area contributed by atoms with Gasteiger partial charge in [0, 0.05) is 12.6 Å². The highest BCUT2D eigenvalue weighted by atomic mass is 32.2. The monoisotopic (exact) mass is 217 g/mol. The molecule has 0 heterocycles. The predicted molar refractivity (Wildman–Crippen MR) is 48.7 cm³/mol. The number of carbonyl (C=O) groups is 1. The zero-order valence-corrected chi connectivity index (χ0v) is 8.14. The van der Waals surface area contributed by atoms with Gasteiger partial charge in [0.1, 0.15) is 10.7 Å². The third-order valence-electron chi connectivity index (χ3n) is 1.62. The van der Waals surface area contributed by atoms with E-state index in [1.807, 2.05) is 0 Å². The van der Waals surface area contributed by atoms with E-state index in [4.69, 9.17) is 5.73 Å². The van der Waals surface area contributed by atoms with Crippen LogP contribution in [0.1, 0.15) is 6.92 Å².